The molecule has 0 bridgehead atoms. The van der Waals surface area contributed by atoms with Crippen molar-refractivity contribution in [2.24, 2.45) is 5.73 Å². The highest BCUT2D eigenvalue weighted by Crippen LogP contribution is 2.10. The maximum absolute atomic E-state index is 8.35. The van der Waals surface area contributed by atoms with Crippen molar-refractivity contribution < 1.29 is 4.74 Å². The quantitative estimate of drug-likeness (QED) is 0.708. The lowest BCUT2D eigenvalue weighted by Crippen LogP contribution is -2.04. The van der Waals surface area contributed by atoms with Crippen molar-refractivity contribution in [2.45, 2.75) is 25.7 Å². The Morgan fingerprint density at radius 1 is 1.38 bits per heavy atom. The molecule has 0 aliphatic carbocycles. The number of hydrogen-bond acceptors (Lipinski definition) is 4. The van der Waals surface area contributed by atoms with Crippen molar-refractivity contribution in [1.82, 2.24) is 4.98 Å². The third kappa shape index (κ3) is 4.76. The third-order valence-electron chi connectivity index (χ3n) is 2.15. The number of nitrogens with zero attached hydrogens (tertiary/aromatic N) is 2. The molecule has 1 aromatic rings. The first-order valence-corrected chi connectivity index (χ1v) is 5.51. The molecule has 86 valence electrons. The monoisotopic (exact) mass is 219 g/mol. The van der Waals surface area contributed by atoms with E-state index in [1.165, 1.54) is 0 Å². The molecule has 0 aromatic carbocycles. The maximum Gasteiger partial charge on any atom is 0.137 e. The molecule has 0 unspecified atom stereocenters. The molecule has 4 nitrogen and oxygen atoms in total. The Balaban J connectivity index is 2.24. The van der Waals surface area contributed by atoms with Crippen LogP contribution in [0.2, 0.25) is 0 Å². The summed E-state index contributed by atoms with van der Waals surface area (Å²) in [6, 6.07) is 5.94. The van der Waals surface area contributed by atoms with Crippen LogP contribution in [0.15, 0.2) is 18.3 Å². The van der Waals surface area contributed by atoms with E-state index in [1.54, 1.807) is 6.20 Å². The highest BCUT2D eigenvalue weighted by molar-refractivity contribution is 5.19. The van der Waals surface area contributed by atoms with Gasteiger partial charge in [-0.25, -0.2) is 0 Å². The van der Waals surface area contributed by atoms with E-state index in [-0.39, 0.29) is 0 Å². The van der Waals surface area contributed by atoms with Crippen molar-refractivity contribution in [3.63, 3.8) is 0 Å². The Labute approximate surface area is 96.1 Å². The Morgan fingerprint density at radius 2 is 2.25 bits per heavy atom. The first-order valence-electron chi connectivity index (χ1n) is 5.51. The summed E-state index contributed by atoms with van der Waals surface area (Å²) in [6.45, 7) is 1.25. The molecule has 0 amide bonds. The topological polar surface area (TPSA) is 71.9 Å². The number of nitrogens with two attached hydrogens (primary N) is 1. The molecule has 0 radical (unpaired) electrons. The molecule has 2 N–H and O–H groups in total. The fraction of sp³-hybridized carbons (Fsp3) is 0.500. The molecule has 0 saturated heterocycles. The smallest absolute Gasteiger partial charge is 0.137 e. The highest BCUT2D eigenvalue weighted by Gasteiger charge is 1.96. The van der Waals surface area contributed by atoms with Crippen LogP contribution in [0.1, 0.15) is 25.0 Å². The molecule has 1 rings (SSSR count). The van der Waals surface area contributed by atoms with Gasteiger partial charge in [-0.15, -0.1) is 0 Å². The van der Waals surface area contributed by atoms with E-state index in [0.29, 0.717) is 19.6 Å². The van der Waals surface area contributed by atoms with Gasteiger partial charge in [-0.2, -0.15) is 5.26 Å². The summed E-state index contributed by atoms with van der Waals surface area (Å²) < 4.78 is 5.48. The minimum Gasteiger partial charge on any atom is -0.492 e. The molecule has 0 aliphatic rings. The van der Waals surface area contributed by atoms with Crippen molar-refractivity contribution in [2.75, 3.05) is 13.2 Å². The van der Waals surface area contributed by atoms with Gasteiger partial charge < -0.3 is 10.5 Å². The second kappa shape index (κ2) is 7.66. The molecular formula is C12H17N3O. The molecule has 1 aromatic heterocycles. The van der Waals surface area contributed by atoms with Gasteiger partial charge in [-0.05, 0) is 31.5 Å². The summed E-state index contributed by atoms with van der Waals surface area (Å²) in [7, 11) is 0. The number of ether oxygens (including phenoxy) is 1. The van der Waals surface area contributed by atoms with Gasteiger partial charge in [0.25, 0.3) is 0 Å². The second-order valence-electron chi connectivity index (χ2n) is 3.49. The van der Waals surface area contributed by atoms with Gasteiger partial charge in [-0.1, -0.05) is 0 Å². The van der Waals surface area contributed by atoms with Crippen LogP contribution in [0, 0.1) is 11.3 Å². The van der Waals surface area contributed by atoms with Crippen molar-refractivity contribution in [3.05, 3.63) is 24.0 Å². The average Bonchev–Trinajstić information content (AvgIpc) is 2.31. The van der Waals surface area contributed by atoms with Crippen LogP contribution in [-0.2, 0) is 6.42 Å². The van der Waals surface area contributed by atoms with E-state index in [4.69, 9.17) is 15.7 Å². The summed E-state index contributed by atoms with van der Waals surface area (Å²) in [5.74, 6) is 0.776. The normalized spacial score (nSPS) is 9.75. The van der Waals surface area contributed by atoms with Gasteiger partial charge in [0.15, 0.2) is 0 Å². The van der Waals surface area contributed by atoms with Crippen LogP contribution in [0.4, 0.5) is 0 Å². The first kappa shape index (κ1) is 12.5. The fourth-order valence-electron chi connectivity index (χ4n) is 1.29. The zero-order chi connectivity index (χ0) is 11.6. The first-order chi connectivity index (χ1) is 7.86. The highest BCUT2D eigenvalue weighted by atomic mass is 16.5. The van der Waals surface area contributed by atoms with E-state index in [9.17, 15) is 0 Å². The second-order valence-corrected chi connectivity index (χ2v) is 3.49. The van der Waals surface area contributed by atoms with E-state index in [1.807, 2.05) is 12.1 Å². The summed E-state index contributed by atoms with van der Waals surface area (Å²) in [6.07, 6.45) is 4.89. The van der Waals surface area contributed by atoms with Gasteiger partial charge in [0, 0.05) is 18.5 Å². The van der Waals surface area contributed by atoms with Crippen LogP contribution >= 0.6 is 0 Å². The minimum atomic E-state index is 0.594. The molecule has 0 spiro atoms. The van der Waals surface area contributed by atoms with E-state index >= 15 is 0 Å². The standard InChI is InChI=1S/C12H17N3O/c13-7-2-1-3-9-16-12-5-4-11(6-8-14)15-10-12/h4-5,10H,1-3,6,8-9,14H2. The van der Waals surface area contributed by atoms with Gasteiger partial charge in [0.1, 0.15) is 5.75 Å². The third-order valence-corrected chi connectivity index (χ3v) is 2.15. The predicted octanol–water partition coefficient (Wildman–Crippen LogP) is 1.66. The largest absolute Gasteiger partial charge is 0.492 e. The van der Waals surface area contributed by atoms with Crippen LogP contribution in [-0.4, -0.2) is 18.1 Å². The summed E-state index contributed by atoms with van der Waals surface area (Å²) in [5.41, 5.74) is 6.41. The number of unbranched alkanes of at least 4 members (excludes halogenated alkanes) is 2. The molecular weight excluding hydrogens is 202 g/mol. The molecule has 0 saturated carbocycles. The average molecular weight is 219 g/mol. The van der Waals surface area contributed by atoms with Crippen LogP contribution in [0.5, 0.6) is 5.75 Å². The van der Waals surface area contributed by atoms with E-state index in [0.717, 1.165) is 30.7 Å². The SMILES string of the molecule is N#CCCCCOc1ccc(CCN)nc1. The summed E-state index contributed by atoms with van der Waals surface area (Å²) in [4.78, 5) is 4.23. The Kier molecular flexibility index (Phi) is 5.97. The molecule has 0 fully saturated rings. The van der Waals surface area contributed by atoms with Gasteiger partial charge >= 0.3 is 0 Å². The molecule has 16 heavy (non-hydrogen) atoms. The number of rotatable bonds is 7. The summed E-state index contributed by atoms with van der Waals surface area (Å²) >= 11 is 0. The van der Waals surface area contributed by atoms with Gasteiger partial charge in [0.2, 0.25) is 0 Å². The lowest BCUT2D eigenvalue weighted by atomic mass is 10.2. The molecule has 4 heteroatoms. The zero-order valence-electron chi connectivity index (χ0n) is 9.35. The van der Waals surface area contributed by atoms with E-state index < -0.39 is 0 Å². The Bertz CT molecular complexity index is 329. The molecule has 0 aliphatic heterocycles. The van der Waals surface area contributed by atoms with Crippen LogP contribution < -0.4 is 10.5 Å². The molecule has 1 heterocycles. The Morgan fingerprint density at radius 3 is 2.88 bits per heavy atom. The van der Waals surface area contributed by atoms with Crippen molar-refractivity contribution in [1.29, 1.82) is 5.26 Å². The fourth-order valence-corrected chi connectivity index (χ4v) is 1.29. The van der Waals surface area contributed by atoms with Gasteiger partial charge in [0.05, 0.1) is 18.9 Å². The number of hydrogen-bond donors (Lipinski definition) is 1. The maximum atomic E-state index is 8.35. The number of aromatic nitrogens is 1. The Hall–Kier alpha value is -1.60. The lowest BCUT2D eigenvalue weighted by Gasteiger charge is -2.05. The van der Waals surface area contributed by atoms with E-state index in [2.05, 4.69) is 11.1 Å². The van der Waals surface area contributed by atoms with Crippen molar-refractivity contribution in [3.8, 4) is 11.8 Å². The minimum absolute atomic E-state index is 0.594. The van der Waals surface area contributed by atoms with Gasteiger partial charge in [-0.3, -0.25) is 4.98 Å². The van der Waals surface area contributed by atoms with Crippen LogP contribution in [0.3, 0.4) is 0 Å². The summed E-state index contributed by atoms with van der Waals surface area (Å²) in [5, 5.41) is 8.35. The van der Waals surface area contributed by atoms with Crippen molar-refractivity contribution >= 4 is 0 Å². The number of nitriles is 1. The lowest BCUT2D eigenvalue weighted by molar-refractivity contribution is 0.306. The van der Waals surface area contributed by atoms with Crippen LogP contribution in [0.25, 0.3) is 0 Å². The number of pyridine rings is 1. The molecule has 0 atom stereocenters. The predicted molar refractivity (Wildman–Crippen MR) is 62.0 cm³/mol. The zero-order valence-corrected chi connectivity index (χ0v) is 9.35.